The molecule has 0 radical (unpaired) electrons. The molecule has 0 saturated heterocycles. The molecule has 0 bridgehead atoms. The maximum Gasteiger partial charge on any atom is 0.261 e. The highest BCUT2D eigenvalue weighted by Crippen LogP contribution is 2.47. The Morgan fingerprint density at radius 3 is 2.56 bits per heavy atom. The van der Waals surface area contributed by atoms with E-state index in [1.54, 1.807) is 26.0 Å². The number of fused-ring (bicyclic) bond motifs is 2. The fourth-order valence-electron chi connectivity index (χ4n) is 4.35. The Morgan fingerprint density at radius 1 is 0.969 bits per heavy atom. The molecule has 1 unspecified atom stereocenters. The van der Waals surface area contributed by atoms with Gasteiger partial charge in [-0.2, -0.15) is 4.99 Å². The lowest BCUT2D eigenvalue weighted by Crippen LogP contribution is -2.26. The molecule has 0 saturated carbocycles. The summed E-state index contributed by atoms with van der Waals surface area (Å²) in [5, 5.41) is 0.870. The summed E-state index contributed by atoms with van der Waals surface area (Å²) in [6.45, 7) is 0.280. The van der Waals surface area contributed by atoms with Crippen molar-refractivity contribution in [2.24, 2.45) is 15.9 Å². The molecule has 0 fully saturated rings. The molecule has 2 aromatic rings. The van der Waals surface area contributed by atoms with Crippen LogP contribution < -0.4 is 14.2 Å². The van der Waals surface area contributed by atoms with Crippen LogP contribution >= 0.6 is 11.8 Å². The summed E-state index contributed by atoms with van der Waals surface area (Å²) >= 11 is 1.67. The second-order valence-corrected chi connectivity index (χ2v) is 9.00. The van der Waals surface area contributed by atoms with E-state index < -0.39 is 0 Å². The summed E-state index contributed by atoms with van der Waals surface area (Å²) in [5.41, 5.74) is 2.85. The highest BCUT2D eigenvalue weighted by atomic mass is 32.2. The number of hydrogen-bond donors (Lipinski definition) is 0. The number of allylic oxidation sites excluding steroid dienone is 1. The van der Waals surface area contributed by atoms with E-state index in [9.17, 15) is 4.79 Å². The standard InChI is InChI=1S/C25H24N2O4S/c1-29-18-12-11-15(13-16(18)14-31-20-9-5-4-8-19(20)30-2)23-26-24(28)22-17-7-3-6-10-21(17)32-25(22)27-23/h4-5,8-9,11-13,22H,3,6-7,10,14H2,1-2H3. The minimum absolute atomic E-state index is 0.105. The first-order chi connectivity index (χ1) is 15.7. The monoisotopic (exact) mass is 448 g/mol. The van der Waals surface area contributed by atoms with Crippen LogP contribution in [0.4, 0.5) is 0 Å². The van der Waals surface area contributed by atoms with Gasteiger partial charge in [0, 0.05) is 11.1 Å². The van der Waals surface area contributed by atoms with E-state index in [-0.39, 0.29) is 18.4 Å². The van der Waals surface area contributed by atoms with Crippen molar-refractivity contribution in [2.45, 2.75) is 32.3 Å². The van der Waals surface area contributed by atoms with E-state index in [0.717, 1.165) is 35.4 Å². The maximum absolute atomic E-state index is 12.9. The fraction of sp³-hybridized carbons (Fsp3) is 0.320. The highest BCUT2D eigenvalue weighted by Gasteiger charge is 2.40. The molecule has 5 rings (SSSR count). The smallest absolute Gasteiger partial charge is 0.261 e. The zero-order valence-electron chi connectivity index (χ0n) is 18.1. The first kappa shape index (κ1) is 20.8. The molecule has 0 aromatic heterocycles. The number of rotatable bonds is 6. The van der Waals surface area contributed by atoms with Crippen LogP contribution in [0.2, 0.25) is 0 Å². The van der Waals surface area contributed by atoms with Crippen molar-refractivity contribution in [2.75, 3.05) is 14.2 Å². The first-order valence-electron chi connectivity index (χ1n) is 10.7. The van der Waals surface area contributed by atoms with E-state index in [4.69, 9.17) is 19.2 Å². The molecule has 164 valence electrons. The summed E-state index contributed by atoms with van der Waals surface area (Å²) in [6, 6.07) is 13.2. The van der Waals surface area contributed by atoms with Crippen molar-refractivity contribution in [3.05, 3.63) is 64.1 Å². The van der Waals surface area contributed by atoms with Gasteiger partial charge in [0.15, 0.2) is 17.3 Å². The van der Waals surface area contributed by atoms with Gasteiger partial charge in [-0.25, -0.2) is 4.99 Å². The van der Waals surface area contributed by atoms with Crippen molar-refractivity contribution in [1.82, 2.24) is 0 Å². The van der Waals surface area contributed by atoms with Crippen LogP contribution in [0.1, 0.15) is 36.8 Å². The number of nitrogens with zero attached hydrogens (tertiary/aromatic N) is 2. The Kier molecular flexibility index (Phi) is 5.74. The molecule has 6 nitrogen and oxygen atoms in total. The number of ether oxygens (including phenoxy) is 3. The average molecular weight is 449 g/mol. The van der Waals surface area contributed by atoms with E-state index in [1.165, 1.54) is 16.9 Å². The molecular weight excluding hydrogens is 424 g/mol. The quantitative estimate of drug-likeness (QED) is 0.611. The Morgan fingerprint density at radius 2 is 1.75 bits per heavy atom. The lowest BCUT2D eigenvalue weighted by atomic mass is 9.89. The van der Waals surface area contributed by atoms with Crippen LogP contribution in [0.25, 0.3) is 0 Å². The van der Waals surface area contributed by atoms with Crippen molar-refractivity contribution in [1.29, 1.82) is 0 Å². The molecule has 1 amide bonds. The van der Waals surface area contributed by atoms with Crippen molar-refractivity contribution >= 4 is 28.5 Å². The number of benzene rings is 2. The third-order valence-electron chi connectivity index (χ3n) is 5.95. The summed E-state index contributed by atoms with van der Waals surface area (Å²) in [4.78, 5) is 23.4. The number of methoxy groups -OCH3 is 2. The third-order valence-corrected chi connectivity index (χ3v) is 7.20. The number of thioether (sulfide) groups is 1. The summed E-state index contributed by atoms with van der Waals surface area (Å²) in [6.07, 6.45) is 4.35. The highest BCUT2D eigenvalue weighted by molar-refractivity contribution is 8.17. The van der Waals surface area contributed by atoms with E-state index in [1.807, 2.05) is 42.5 Å². The molecule has 7 heteroatoms. The molecule has 1 aliphatic carbocycles. The van der Waals surface area contributed by atoms with Gasteiger partial charge in [-0.3, -0.25) is 4.79 Å². The lowest BCUT2D eigenvalue weighted by Gasteiger charge is -2.19. The Labute approximate surface area is 191 Å². The van der Waals surface area contributed by atoms with Gasteiger partial charge in [-0.05, 0) is 66.5 Å². The molecule has 3 aliphatic rings. The Bertz CT molecular complexity index is 1170. The molecule has 0 N–H and O–H groups in total. The number of carbonyl (C=O) groups is 1. The van der Waals surface area contributed by atoms with Crippen molar-refractivity contribution < 1.29 is 19.0 Å². The van der Waals surface area contributed by atoms with Gasteiger partial charge in [0.05, 0.1) is 19.3 Å². The van der Waals surface area contributed by atoms with Gasteiger partial charge in [0.1, 0.15) is 18.3 Å². The second kappa shape index (κ2) is 8.82. The topological polar surface area (TPSA) is 69.5 Å². The van der Waals surface area contributed by atoms with Crippen LogP contribution in [0.15, 0.2) is 62.9 Å². The summed E-state index contributed by atoms with van der Waals surface area (Å²) in [5.74, 6) is 2.10. The Hall–Kier alpha value is -3.06. The zero-order valence-corrected chi connectivity index (χ0v) is 18.9. The van der Waals surface area contributed by atoms with Gasteiger partial charge in [-0.1, -0.05) is 23.9 Å². The molecule has 2 heterocycles. The number of carbonyl (C=O) groups excluding carboxylic acids is 1. The summed E-state index contributed by atoms with van der Waals surface area (Å²) in [7, 11) is 3.24. The van der Waals surface area contributed by atoms with Gasteiger partial charge in [-0.15, -0.1) is 0 Å². The third kappa shape index (κ3) is 3.81. The Balaban J connectivity index is 1.41. The van der Waals surface area contributed by atoms with Crippen LogP contribution in [-0.4, -0.2) is 31.0 Å². The maximum atomic E-state index is 12.9. The first-order valence-corrected chi connectivity index (χ1v) is 11.5. The van der Waals surface area contributed by atoms with E-state index in [2.05, 4.69) is 4.99 Å². The normalized spacial score (nSPS) is 19.7. The second-order valence-electron chi connectivity index (χ2n) is 7.88. The predicted molar refractivity (Wildman–Crippen MR) is 126 cm³/mol. The zero-order chi connectivity index (χ0) is 22.1. The van der Waals surface area contributed by atoms with Crippen molar-refractivity contribution in [3.63, 3.8) is 0 Å². The molecule has 1 atom stereocenters. The average Bonchev–Trinajstić information content (AvgIpc) is 3.21. The molecule has 2 aromatic carbocycles. The molecule has 0 spiro atoms. The number of hydrogen-bond acceptors (Lipinski definition) is 6. The van der Waals surface area contributed by atoms with Gasteiger partial charge in [0.25, 0.3) is 5.91 Å². The molecular formula is C25H24N2O4S. The van der Waals surface area contributed by atoms with Gasteiger partial charge < -0.3 is 14.2 Å². The van der Waals surface area contributed by atoms with Gasteiger partial charge >= 0.3 is 0 Å². The summed E-state index contributed by atoms with van der Waals surface area (Å²) < 4.78 is 16.9. The minimum Gasteiger partial charge on any atom is -0.496 e. The number of para-hydroxylation sites is 2. The molecule has 32 heavy (non-hydrogen) atoms. The van der Waals surface area contributed by atoms with Crippen molar-refractivity contribution in [3.8, 4) is 17.2 Å². The van der Waals surface area contributed by atoms with Crippen LogP contribution in [0, 0.1) is 5.92 Å². The SMILES string of the molecule is COc1ccc(C2=NC(=O)C3C(=N2)SC2=C3CCCC2)cc1COc1ccccc1OC. The van der Waals surface area contributed by atoms with E-state index in [0.29, 0.717) is 23.1 Å². The van der Waals surface area contributed by atoms with E-state index >= 15 is 0 Å². The van der Waals surface area contributed by atoms with Crippen LogP contribution in [-0.2, 0) is 11.4 Å². The largest absolute Gasteiger partial charge is 0.496 e. The van der Waals surface area contributed by atoms with Crippen LogP contribution in [0.5, 0.6) is 17.2 Å². The molecule has 2 aliphatic heterocycles. The number of amides is 1. The van der Waals surface area contributed by atoms with Crippen LogP contribution in [0.3, 0.4) is 0 Å². The lowest BCUT2D eigenvalue weighted by molar-refractivity contribution is -0.118. The number of aliphatic imine (C=N–C) groups is 2. The number of amidine groups is 1. The van der Waals surface area contributed by atoms with Gasteiger partial charge in [0.2, 0.25) is 0 Å². The minimum atomic E-state index is -0.259. The fourth-order valence-corrected chi connectivity index (χ4v) is 5.69. The predicted octanol–water partition coefficient (Wildman–Crippen LogP) is 5.16.